The molecule has 0 atom stereocenters. The minimum absolute atomic E-state index is 0.469. The molecule has 0 aliphatic rings. The van der Waals surface area contributed by atoms with E-state index in [-0.39, 0.29) is 0 Å². The Kier molecular flexibility index (Phi) is 2.51. The van der Waals surface area contributed by atoms with Crippen LogP contribution in [0.3, 0.4) is 0 Å². The van der Waals surface area contributed by atoms with E-state index in [1.807, 2.05) is 16.8 Å². The Morgan fingerprint density at radius 1 is 1.29 bits per heavy atom. The summed E-state index contributed by atoms with van der Waals surface area (Å²) < 4.78 is 1.95. The van der Waals surface area contributed by atoms with Crippen molar-refractivity contribution >= 4 is 0 Å². The van der Waals surface area contributed by atoms with Gasteiger partial charge in [-0.25, -0.2) is 15.0 Å². The number of nitrogens with zero attached hydrogens (tertiary/aromatic N) is 4. The van der Waals surface area contributed by atoms with Crippen molar-refractivity contribution in [1.29, 1.82) is 0 Å². The molecule has 2 aromatic rings. The molecule has 0 spiro atoms. The van der Waals surface area contributed by atoms with Gasteiger partial charge in [-0.2, -0.15) is 0 Å². The molecule has 72 valence electrons. The molecule has 2 rings (SSSR count). The van der Waals surface area contributed by atoms with Gasteiger partial charge in [0.15, 0.2) is 0 Å². The van der Waals surface area contributed by atoms with Gasteiger partial charge < -0.3 is 10.3 Å². The second-order valence-corrected chi connectivity index (χ2v) is 2.94. The highest BCUT2D eigenvalue weighted by atomic mass is 15.0. The smallest absolute Gasteiger partial charge is 0.115 e. The van der Waals surface area contributed by atoms with Gasteiger partial charge in [-0.1, -0.05) is 0 Å². The zero-order valence-corrected chi connectivity index (χ0v) is 7.67. The molecule has 0 aliphatic carbocycles. The predicted molar refractivity (Wildman–Crippen MR) is 51.3 cm³/mol. The van der Waals surface area contributed by atoms with Crippen LogP contribution in [0.15, 0.2) is 31.1 Å². The number of nitrogens with two attached hydrogens (primary N) is 1. The first-order valence-electron chi connectivity index (χ1n) is 4.34. The second kappa shape index (κ2) is 3.97. The molecule has 2 N–H and O–H groups in total. The van der Waals surface area contributed by atoms with Gasteiger partial charge in [0, 0.05) is 18.9 Å². The van der Waals surface area contributed by atoms with Crippen LogP contribution in [0, 0.1) is 0 Å². The van der Waals surface area contributed by atoms with Crippen LogP contribution < -0.4 is 5.73 Å². The molecule has 0 fully saturated rings. The zero-order chi connectivity index (χ0) is 9.80. The van der Waals surface area contributed by atoms with Gasteiger partial charge >= 0.3 is 0 Å². The van der Waals surface area contributed by atoms with Gasteiger partial charge in [-0.3, -0.25) is 0 Å². The summed E-state index contributed by atoms with van der Waals surface area (Å²) in [5, 5.41) is 0. The van der Waals surface area contributed by atoms with E-state index in [9.17, 15) is 0 Å². The average molecular weight is 189 g/mol. The first kappa shape index (κ1) is 8.83. The van der Waals surface area contributed by atoms with Crippen LogP contribution in [0.1, 0.15) is 11.4 Å². The average Bonchev–Trinajstić information content (AvgIpc) is 2.67. The highest BCUT2D eigenvalue weighted by Crippen LogP contribution is 1.99. The molecule has 2 heterocycles. The van der Waals surface area contributed by atoms with Crippen LogP contribution in [0.5, 0.6) is 0 Å². The maximum atomic E-state index is 5.46. The molecule has 0 bridgehead atoms. The highest BCUT2D eigenvalue weighted by Gasteiger charge is 1.98. The lowest BCUT2D eigenvalue weighted by Gasteiger charge is -1.99. The fourth-order valence-corrected chi connectivity index (χ4v) is 1.20. The van der Waals surface area contributed by atoms with Gasteiger partial charge in [0.05, 0.1) is 24.3 Å². The first-order valence-corrected chi connectivity index (χ1v) is 4.34. The van der Waals surface area contributed by atoms with Crippen molar-refractivity contribution in [3.8, 4) is 0 Å². The molecule has 0 aliphatic heterocycles. The van der Waals surface area contributed by atoms with E-state index in [4.69, 9.17) is 5.73 Å². The maximum Gasteiger partial charge on any atom is 0.115 e. The fraction of sp³-hybridized carbons (Fsp3) is 0.222. The molecule has 2 aromatic heterocycles. The Morgan fingerprint density at radius 3 is 2.86 bits per heavy atom. The summed E-state index contributed by atoms with van der Waals surface area (Å²) in [6, 6.07) is 1.88. The summed E-state index contributed by atoms with van der Waals surface area (Å²) in [6.07, 6.45) is 6.94. The standard InChI is InChI=1S/C9H11N5/c10-3-9-5-14(7-13-9)4-8-1-2-11-6-12-8/h1-2,5-7H,3-4,10H2. The van der Waals surface area contributed by atoms with E-state index in [0.29, 0.717) is 13.1 Å². The van der Waals surface area contributed by atoms with E-state index in [0.717, 1.165) is 11.4 Å². The number of hydrogen-bond acceptors (Lipinski definition) is 4. The minimum atomic E-state index is 0.469. The summed E-state index contributed by atoms with van der Waals surface area (Å²) in [7, 11) is 0. The second-order valence-electron chi connectivity index (χ2n) is 2.94. The molecule has 0 aromatic carbocycles. The van der Waals surface area contributed by atoms with Gasteiger partial charge in [0.25, 0.3) is 0 Å². The van der Waals surface area contributed by atoms with Gasteiger partial charge in [-0.15, -0.1) is 0 Å². The zero-order valence-electron chi connectivity index (χ0n) is 7.67. The third-order valence-corrected chi connectivity index (χ3v) is 1.88. The minimum Gasteiger partial charge on any atom is -0.331 e. The lowest BCUT2D eigenvalue weighted by molar-refractivity contribution is 0.767. The van der Waals surface area contributed by atoms with Crippen LogP contribution in [-0.4, -0.2) is 19.5 Å². The van der Waals surface area contributed by atoms with Crippen LogP contribution in [0.4, 0.5) is 0 Å². The molecular formula is C9H11N5. The van der Waals surface area contributed by atoms with E-state index in [2.05, 4.69) is 15.0 Å². The van der Waals surface area contributed by atoms with Crippen molar-refractivity contribution < 1.29 is 0 Å². The number of aromatic nitrogens is 4. The maximum absolute atomic E-state index is 5.46. The lowest BCUT2D eigenvalue weighted by Crippen LogP contribution is -1.99. The van der Waals surface area contributed by atoms with Crippen molar-refractivity contribution in [2.75, 3.05) is 0 Å². The molecule has 5 heteroatoms. The molecule has 5 nitrogen and oxygen atoms in total. The van der Waals surface area contributed by atoms with Crippen LogP contribution in [-0.2, 0) is 13.1 Å². The molecule has 0 saturated heterocycles. The highest BCUT2D eigenvalue weighted by molar-refractivity contribution is 5.02. The third kappa shape index (κ3) is 1.94. The number of rotatable bonds is 3. The molecule has 0 radical (unpaired) electrons. The summed E-state index contributed by atoms with van der Waals surface area (Å²) in [5.41, 5.74) is 7.30. The van der Waals surface area contributed by atoms with Gasteiger partial charge in [-0.05, 0) is 6.07 Å². The predicted octanol–water partition coefficient (Wildman–Crippen LogP) is 0.180. The summed E-state index contributed by atoms with van der Waals surface area (Å²) >= 11 is 0. The van der Waals surface area contributed by atoms with Crippen molar-refractivity contribution in [3.05, 3.63) is 42.5 Å². The third-order valence-electron chi connectivity index (χ3n) is 1.88. The Morgan fingerprint density at radius 2 is 2.21 bits per heavy atom. The summed E-state index contributed by atoms with van der Waals surface area (Å²) in [6.45, 7) is 1.17. The van der Waals surface area contributed by atoms with Gasteiger partial charge in [0.1, 0.15) is 6.33 Å². The molecule has 0 unspecified atom stereocenters. The van der Waals surface area contributed by atoms with E-state index < -0.39 is 0 Å². The SMILES string of the molecule is NCc1cn(Cc2ccncn2)cn1. The van der Waals surface area contributed by atoms with E-state index in [1.165, 1.54) is 6.33 Å². The summed E-state index contributed by atoms with van der Waals surface area (Å²) in [4.78, 5) is 12.1. The molecule has 0 saturated carbocycles. The van der Waals surface area contributed by atoms with Crippen molar-refractivity contribution in [2.24, 2.45) is 5.73 Å². The van der Waals surface area contributed by atoms with Crippen LogP contribution in [0.2, 0.25) is 0 Å². The molecule has 0 amide bonds. The Hall–Kier alpha value is -1.75. The number of imidazole rings is 1. The molecule has 14 heavy (non-hydrogen) atoms. The number of hydrogen-bond donors (Lipinski definition) is 1. The van der Waals surface area contributed by atoms with Crippen LogP contribution >= 0.6 is 0 Å². The van der Waals surface area contributed by atoms with Gasteiger partial charge in [0.2, 0.25) is 0 Å². The Labute approximate surface area is 81.6 Å². The van der Waals surface area contributed by atoms with Crippen LogP contribution in [0.25, 0.3) is 0 Å². The normalized spacial score (nSPS) is 10.4. The molecular weight excluding hydrogens is 178 g/mol. The topological polar surface area (TPSA) is 69.6 Å². The van der Waals surface area contributed by atoms with E-state index >= 15 is 0 Å². The monoisotopic (exact) mass is 189 g/mol. The largest absolute Gasteiger partial charge is 0.331 e. The fourth-order valence-electron chi connectivity index (χ4n) is 1.20. The van der Waals surface area contributed by atoms with E-state index in [1.54, 1.807) is 12.5 Å². The summed E-state index contributed by atoms with van der Waals surface area (Å²) in [5.74, 6) is 0. The Bertz CT molecular complexity index is 395. The Balaban J connectivity index is 2.11. The quantitative estimate of drug-likeness (QED) is 0.747. The van der Waals surface area contributed by atoms with Crippen molar-refractivity contribution in [1.82, 2.24) is 19.5 Å². The van der Waals surface area contributed by atoms with Crippen molar-refractivity contribution in [3.63, 3.8) is 0 Å². The van der Waals surface area contributed by atoms with Crippen molar-refractivity contribution in [2.45, 2.75) is 13.1 Å². The first-order chi connectivity index (χ1) is 6.88. The lowest BCUT2D eigenvalue weighted by atomic mass is 10.4.